The van der Waals surface area contributed by atoms with Crippen molar-refractivity contribution in [3.8, 4) is 0 Å². The van der Waals surface area contributed by atoms with Crippen LogP contribution in [-0.4, -0.2) is 40.1 Å². The highest BCUT2D eigenvalue weighted by atomic mass is 32.1. The first-order valence-electron chi connectivity index (χ1n) is 7.71. The second-order valence-electron chi connectivity index (χ2n) is 6.40. The smallest absolute Gasteiger partial charge is 0.321 e. The quantitative estimate of drug-likeness (QED) is 0.886. The molecule has 0 radical (unpaired) electrons. The minimum absolute atomic E-state index is 0.0757. The maximum Gasteiger partial charge on any atom is 0.321 e. The van der Waals surface area contributed by atoms with Gasteiger partial charge in [0.2, 0.25) is 0 Å². The van der Waals surface area contributed by atoms with E-state index in [-0.39, 0.29) is 11.9 Å². The number of carboxylic acids is 1. The van der Waals surface area contributed by atoms with Gasteiger partial charge in [0.05, 0.1) is 21.1 Å². The molecule has 7 heteroatoms. The molecule has 120 valence electrons. The fraction of sp³-hybridized carbons (Fsp3) is 0.438. The number of carboxylic acid groups (broad SMARTS) is 1. The Hall–Kier alpha value is -2.15. The number of aromatic nitrogens is 1. The number of hydrogen-bond donors (Lipinski definition) is 2. The van der Waals surface area contributed by atoms with Gasteiger partial charge in [0.25, 0.3) is 0 Å². The van der Waals surface area contributed by atoms with Gasteiger partial charge in [0.1, 0.15) is 0 Å². The monoisotopic (exact) mass is 331 g/mol. The van der Waals surface area contributed by atoms with Crippen molar-refractivity contribution in [1.82, 2.24) is 9.88 Å². The molecule has 1 saturated carbocycles. The zero-order chi connectivity index (χ0) is 16.0. The molecule has 2 N–H and O–H groups in total. The Labute approximate surface area is 137 Å². The van der Waals surface area contributed by atoms with Crippen LogP contribution < -0.4 is 5.32 Å². The van der Waals surface area contributed by atoms with E-state index in [0.717, 1.165) is 23.1 Å². The molecule has 2 aromatic rings. The van der Waals surface area contributed by atoms with Crippen LogP contribution >= 0.6 is 11.3 Å². The van der Waals surface area contributed by atoms with Crippen molar-refractivity contribution in [2.75, 3.05) is 18.4 Å². The lowest BCUT2D eigenvalue weighted by molar-refractivity contribution is -0.149. The Balaban J connectivity index is 1.50. The lowest BCUT2D eigenvalue weighted by Gasteiger charge is -2.23. The molecule has 2 heterocycles. The normalized spacial score (nSPS) is 26.4. The number of carbonyl (C=O) groups excluding carboxylic acids is 1. The first-order valence-corrected chi connectivity index (χ1v) is 8.59. The van der Waals surface area contributed by atoms with Crippen LogP contribution in [0.15, 0.2) is 23.7 Å². The average molecular weight is 331 g/mol. The fourth-order valence-electron chi connectivity index (χ4n) is 3.93. The highest BCUT2D eigenvalue weighted by Gasteiger charge is 2.55. The second-order valence-corrected chi connectivity index (χ2v) is 7.28. The number of nitrogens with zero attached hydrogens (tertiary/aromatic N) is 2. The highest BCUT2D eigenvalue weighted by Crippen LogP contribution is 2.48. The predicted octanol–water partition coefficient (Wildman–Crippen LogP) is 3.01. The van der Waals surface area contributed by atoms with Crippen LogP contribution in [0, 0.1) is 11.3 Å². The fourth-order valence-corrected chi connectivity index (χ4v) is 4.59. The number of likely N-dealkylation sites (tertiary alicyclic amines) is 1. The number of rotatable bonds is 2. The van der Waals surface area contributed by atoms with Crippen molar-refractivity contribution in [3.63, 3.8) is 0 Å². The number of carbonyl (C=O) groups is 2. The van der Waals surface area contributed by atoms with E-state index in [2.05, 4.69) is 10.3 Å². The molecule has 2 amide bonds. The summed E-state index contributed by atoms with van der Waals surface area (Å²) in [5, 5.41) is 12.5. The molecule has 6 nitrogen and oxygen atoms in total. The summed E-state index contributed by atoms with van der Waals surface area (Å²) in [6, 6.07) is 5.39. The molecule has 1 aliphatic heterocycles. The van der Waals surface area contributed by atoms with Gasteiger partial charge in [0, 0.05) is 18.8 Å². The first-order chi connectivity index (χ1) is 11.1. The van der Waals surface area contributed by atoms with E-state index in [1.54, 1.807) is 21.7 Å². The van der Waals surface area contributed by atoms with Crippen molar-refractivity contribution in [1.29, 1.82) is 0 Å². The number of amides is 2. The number of nitrogens with one attached hydrogen (secondary N) is 1. The Kier molecular flexibility index (Phi) is 3.26. The van der Waals surface area contributed by atoms with Gasteiger partial charge in [-0.1, -0.05) is 6.42 Å². The molecule has 0 bridgehead atoms. The minimum atomic E-state index is -0.765. The Morgan fingerprint density at radius 1 is 1.43 bits per heavy atom. The van der Waals surface area contributed by atoms with Crippen molar-refractivity contribution >= 4 is 39.2 Å². The van der Waals surface area contributed by atoms with Gasteiger partial charge in [0.15, 0.2) is 0 Å². The third-order valence-corrected chi connectivity index (χ3v) is 5.98. The van der Waals surface area contributed by atoms with E-state index in [4.69, 9.17) is 0 Å². The molecule has 0 spiro atoms. The zero-order valence-electron chi connectivity index (χ0n) is 12.5. The molecule has 0 unspecified atom stereocenters. The topological polar surface area (TPSA) is 82.5 Å². The number of aliphatic carboxylic acids is 1. The SMILES string of the molecule is O=C(Nc1ccc2scnc2c1)N1C[C@@H]2CCC[C@@]2(C(=O)O)C1. The van der Waals surface area contributed by atoms with E-state index in [0.29, 0.717) is 25.2 Å². The van der Waals surface area contributed by atoms with Gasteiger partial charge in [-0.2, -0.15) is 0 Å². The van der Waals surface area contributed by atoms with Gasteiger partial charge in [-0.15, -0.1) is 11.3 Å². The largest absolute Gasteiger partial charge is 0.481 e. The average Bonchev–Trinajstić information content (AvgIpc) is 3.20. The molecule has 1 aliphatic carbocycles. The summed E-state index contributed by atoms with van der Waals surface area (Å²) in [6.07, 6.45) is 2.50. The van der Waals surface area contributed by atoms with Gasteiger partial charge >= 0.3 is 12.0 Å². The summed E-state index contributed by atoms with van der Waals surface area (Å²) in [5.41, 5.74) is 2.58. The third kappa shape index (κ3) is 2.26. The molecule has 4 rings (SSSR count). The Morgan fingerprint density at radius 3 is 3.09 bits per heavy atom. The summed E-state index contributed by atoms with van der Waals surface area (Å²) in [4.78, 5) is 30.1. The van der Waals surface area contributed by atoms with Crippen molar-refractivity contribution in [3.05, 3.63) is 23.7 Å². The minimum Gasteiger partial charge on any atom is -0.481 e. The number of hydrogen-bond acceptors (Lipinski definition) is 4. The molecule has 23 heavy (non-hydrogen) atoms. The van der Waals surface area contributed by atoms with Crippen molar-refractivity contribution < 1.29 is 14.7 Å². The van der Waals surface area contributed by atoms with Gasteiger partial charge in [-0.05, 0) is 37.0 Å². The van der Waals surface area contributed by atoms with Crippen LogP contribution in [-0.2, 0) is 4.79 Å². The van der Waals surface area contributed by atoms with E-state index in [1.807, 2.05) is 18.2 Å². The molecule has 2 fully saturated rings. The second kappa shape index (κ2) is 5.19. The number of fused-ring (bicyclic) bond motifs is 2. The summed E-state index contributed by atoms with van der Waals surface area (Å²) in [7, 11) is 0. The molecule has 1 saturated heterocycles. The Morgan fingerprint density at radius 2 is 2.30 bits per heavy atom. The molecule has 2 atom stereocenters. The van der Waals surface area contributed by atoms with E-state index < -0.39 is 11.4 Å². The van der Waals surface area contributed by atoms with E-state index in [9.17, 15) is 14.7 Å². The lowest BCUT2D eigenvalue weighted by atomic mass is 9.81. The van der Waals surface area contributed by atoms with Crippen LogP contribution in [0.5, 0.6) is 0 Å². The van der Waals surface area contributed by atoms with Crippen LogP contribution in [0.3, 0.4) is 0 Å². The summed E-state index contributed by atoms with van der Waals surface area (Å²) in [6.45, 7) is 0.828. The molecular weight excluding hydrogens is 314 g/mol. The standard InChI is InChI=1S/C16H17N3O3S/c20-14(21)16-5-1-2-10(16)7-19(8-16)15(22)18-11-3-4-13-12(6-11)17-9-23-13/h3-4,6,9-10H,1-2,5,7-8H2,(H,18,22)(H,20,21)/t10-,16+/m0/s1. The van der Waals surface area contributed by atoms with Crippen LogP contribution in [0.4, 0.5) is 10.5 Å². The summed E-state index contributed by atoms with van der Waals surface area (Å²) in [5.74, 6) is -0.689. The summed E-state index contributed by atoms with van der Waals surface area (Å²) >= 11 is 1.55. The first kappa shape index (κ1) is 14.4. The van der Waals surface area contributed by atoms with Crippen LogP contribution in [0.2, 0.25) is 0 Å². The van der Waals surface area contributed by atoms with Crippen molar-refractivity contribution in [2.45, 2.75) is 19.3 Å². The number of urea groups is 1. The maximum absolute atomic E-state index is 12.5. The maximum atomic E-state index is 12.5. The zero-order valence-corrected chi connectivity index (χ0v) is 13.3. The van der Waals surface area contributed by atoms with Crippen LogP contribution in [0.1, 0.15) is 19.3 Å². The molecule has 1 aromatic heterocycles. The number of benzene rings is 1. The molecule has 1 aromatic carbocycles. The highest BCUT2D eigenvalue weighted by molar-refractivity contribution is 7.16. The van der Waals surface area contributed by atoms with Gasteiger partial charge in [-0.25, -0.2) is 9.78 Å². The molecule has 2 aliphatic rings. The van der Waals surface area contributed by atoms with E-state index >= 15 is 0 Å². The summed E-state index contributed by atoms with van der Waals surface area (Å²) < 4.78 is 1.07. The van der Waals surface area contributed by atoms with Crippen molar-refractivity contribution in [2.24, 2.45) is 11.3 Å². The molecular formula is C16H17N3O3S. The lowest BCUT2D eigenvalue weighted by Crippen LogP contribution is -2.38. The van der Waals surface area contributed by atoms with Gasteiger partial charge < -0.3 is 15.3 Å². The Bertz CT molecular complexity index is 790. The number of thiazole rings is 1. The predicted molar refractivity (Wildman–Crippen MR) is 87.6 cm³/mol. The third-order valence-electron chi connectivity index (χ3n) is 5.17. The van der Waals surface area contributed by atoms with Crippen LogP contribution in [0.25, 0.3) is 10.2 Å². The van der Waals surface area contributed by atoms with E-state index in [1.165, 1.54) is 0 Å². The van der Waals surface area contributed by atoms with Gasteiger partial charge in [-0.3, -0.25) is 4.79 Å². The number of anilines is 1.